The van der Waals surface area contributed by atoms with Gasteiger partial charge in [0.25, 0.3) is 0 Å². The lowest BCUT2D eigenvalue weighted by Crippen LogP contribution is -1.87. The molecule has 2 nitrogen and oxygen atoms in total. The van der Waals surface area contributed by atoms with Crippen LogP contribution in [0.1, 0.15) is 5.56 Å². The van der Waals surface area contributed by atoms with Crippen molar-refractivity contribution in [2.45, 2.75) is 10.6 Å². The van der Waals surface area contributed by atoms with Gasteiger partial charge in [-0.25, -0.2) is 0 Å². The quantitative estimate of drug-likeness (QED) is 0.672. The predicted octanol–water partition coefficient (Wildman–Crippen LogP) is 4.22. The van der Waals surface area contributed by atoms with Crippen molar-refractivity contribution >= 4 is 29.1 Å². The van der Waals surface area contributed by atoms with Crippen LogP contribution in [0.3, 0.4) is 0 Å². The van der Waals surface area contributed by atoms with Crippen LogP contribution in [0.4, 0.5) is 5.69 Å². The molecule has 0 saturated heterocycles. The molecule has 2 rings (SSSR count). The van der Waals surface area contributed by atoms with E-state index in [4.69, 9.17) is 22.1 Å². The molecule has 0 aromatic heterocycles. The lowest BCUT2D eigenvalue weighted by molar-refractivity contribution is 0.414. The van der Waals surface area contributed by atoms with Crippen LogP contribution in [0, 0.1) is 0 Å². The zero-order chi connectivity index (χ0) is 13.0. The third-order valence-electron chi connectivity index (χ3n) is 2.51. The van der Waals surface area contributed by atoms with Crippen molar-refractivity contribution in [3.05, 3.63) is 53.1 Å². The zero-order valence-electron chi connectivity index (χ0n) is 10.0. The number of rotatable bonds is 4. The maximum absolute atomic E-state index is 5.98. The van der Waals surface area contributed by atoms with Crippen molar-refractivity contribution < 1.29 is 4.74 Å². The number of benzene rings is 2. The molecule has 94 valence electrons. The molecule has 0 amide bonds. The second kappa shape index (κ2) is 6.03. The summed E-state index contributed by atoms with van der Waals surface area (Å²) in [6.07, 6.45) is 0. The summed E-state index contributed by atoms with van der Waals surface area (Å²) in [5.74, 6) is 1.75. The van der Waals surface area contributed by atoms with Gasteiger partial charge < -0.3 is 10.5 Å². The Bertz CT molecular complexity index is 545. The van der Waals surface area contributed by atoms with Gasteiger partial charge in [0.15, 0.2) is 0 Å². The maximum atomic E-state index is 5.98. The molecule has 4 heteroatoms. The van der Waals surface area contributed by atoms with Crippen LogP contribution in [0.25, 0.3) is 0 Å². The molecular weight excluding hydrogens is 266 g/mol. The number of hydrogen-bond donors (Lipinski definition) is 1. The molecule has 2 aromatic rings. The Morgan fingerprint density at radius 3 is 2.78 bits per heavy atom. The average molecular weight is 280 g/mol. The van der Waals surface area contributed by atoms with Crippen LogP contribution >= 0.6 is 23.4 Å². The molecule has 0 aliphatic rings. The number of anilines is 1. The Kier molecular flexibility index (Phi) is 4.39. The fourth-order valence-corrected chi connectivity index (χ4v) is 2.65. The summed E-state index contributed by atoms with van der Waals surface area (Å²) in [6, 6.07) is 13.7. The highest BCUT2D eigenvalue weighted by atomic mass is 35.5. The molecule has 0 saturated carbocycles. The first-order chi connectivity index (χ1) is 8.69. The fourth-order valence-electron chi connectivity index (χ4n) is 1.53. The van der Waals surface area contributed by atoms with E-state index >= 15 is 0 Å². The summed E-state index contributed by atoms with van der Waals surface area (Å²) in [5, 5.41) is 0.602. The Labute approximate surface area is 116 Å². The van der Waals surface area contributed by atoms with Crippen molar-refractivity contribution in [2.75, 3.05) is 12.8 Å². The van der Waals surface area contributed by atoms with E-state index < -0.39 is 0 Å². The monoisotopic (exact) mass is 279 g/mol. The van der Waals surface area contributed by atoms with Gasteiger partial charge in [-0.15, -0.1) is 11.8 Å². The summed E-state index contributed by atoms with van der Waals surface area (Å²) in [4.78, 5) is 1.11. The van der Waals surface area contributed by atoms with Gasteiger partial charge >= 0.3 is 0 Å². The number of halogens is 1. The molecule has 2 aromatic carbocycles. The van der Waals surface area contributed by atoms with Gasteiger partial charge in [-0.2, -0.15) is 0 Å². The van der Waals surface area contributed by atoms with Gasteiger partial charge in [-0.1, -0.05) is 23.7 Å². The number of ether oxygens (including phenoxy) is 1. The molecule has 0 spiro atoms. The van der Waals surface area contributed by atoms with Crippen LogP contribution in [-0.4, -0.2) is 7.11 Å². The normalized spacial score (nSPS) is 10.3. The SMILES string of the molecule is COc1cccc(CSc2ccc(N)c(Cl)c2)c1. The van der Waals surface area contributed by atoms with E-state index in [2.05, 4.69) is 6.07 Å². The van der Waals surface area contributed by atoms with Crippen molar-refractivity contribution in [1.29, 1.82) is 0 Å². The summed E-state index contributed by atoms with van der Waals surface area (Å²) >= 11 is 7.70. The second-order valence-electron chi connectivity index (χ2n) is 3.82. The highest BCUT2D eigenvalue weighted by Gasteiger charge is 2.01. The molecule has 0 heterocycles. The lowest BCUT2D eigenvalue weighted by Gasteiger charge is -2.06. The average Bonchev–Trinajstić information content (AvgIpc) is 2.40. The first kappa shape index (κ1) is 13.1. The van der Waals surface area contributed by atoms with Crippen LogP contribution in [-0.2, 0) is 5.75 Å². The Balaban J connectivity index is 2.04. The van der Waals surface area contributed by atoms with Crippen LogP contribution in [0.5, 0.6) is 5.75 Å². The standard InChI is InChI=1S/C14H14ClNOS/c1-17-11-4-2-3-10(7-11)9-18-12-5-6-14(16)13(15)8-12/h2-8H,9,16H2,1H3. The molecular formula is C14H14ClNOS. The summed E-state index contributed by atoms with van der Waals surface area (Å²) in [6.45, 7) is 0. The Morgan fingerprint density at radius 1 is 1.22 bits per heavy atom. The van der Waals surface area contributed by atoms with Crippen LogP contribution in [0.2, 0.25) is 5.02 Å². The summed E-state index contributed by atoms with van der Waals surface area (Å²) < 4.78 is 5.19. The smallest absolute Gasteiger partial charge is 0.119 e. The molecule has 0 radical (unpaired) electrons. The van der Waals surface area contributed by atoms with Gasteiger partial charge in [0.1, 0.15) is 5.75 Å². The maximum Gasteiger partial charge on any atom is 0.119 e. The van der Waals surface area contributed by atoms with Gasteiger partial charge in [-0.3, -0.25) is 0 Å². The Morgan fingerprint density at radius 2 is 2.06 bits per heavy atom. The minimum atomic E-state index is 0.602. The molecule has 0 bridgehead atoms. The predicted molar refractivity (Wildman–Crippen MR) is 78.4 cm³/mol. The van der Waals surface area contributed by atoms with Crippen LogP contribution in [0.15, 0.2) is 47.4 Å². The minimum absolute atomic E-state index is 0.602. The number of thioether (sulfide) groups is 1. The van der Waals surface area contributed by atoms with E-state index in [1.807, 2.05) is 36.4 Å². The molecule has 0 fully saturated rings. The van der Waals surface area contributed by atoms with Crippen molar-refractivity contribution in [2.24, 2.45) is 0 Å². The van der Waals surface area contributed by atoms with Crippen molar-refractivity contribution in [3.63, 3.8) is 0 Å². The molecule has 0 aliphatic heterocycles. The third kappa shape index (κ3) is 3.34. The van der Waals surface area contributed by atoms with E-state index in [0.29, 0.717) is 10.7 Å². The number of methoxy groups -OCH3 is 1. The van der Waals surface area contributed by atoms with E-state index in [0.717, 1.165) is 16.4 Å². The van der Waals surface area contributed by atoms with Crippen molar-refractivity contribution in [3.8, 4) is 5.75 Å². The molecule has 2 N–H and O–H groups in total. The fraction of sp³-hybridized carbons (Fsp3) is 0.143. The molecule has 0 aliphatic carbocycles. The Hall–Kier alpha value is -1.32. The van der Waals surface area contributed by atoms with Gasteiger partial charge in [0, 0.05) is 10.6 Å². The molecule has 18 heavy (non-hydrogen) atoms. The van der Waals surface area contributed by atoms with E-state index in [1.54, 1.807) is 18.9 Å². The molecule has 0 atom stereocenters. The van der Waals surface area contributed by atoms with Crippen molar-refractivity contribution in [1.82, 2.24) is 0 Å². The first-order valence-corrected chi connectivity index (χ1v) is 6.86. The summed E-state index contributed by atoms with van der Waals surface area (Å²) in [5.41, 5.74) is 7.50. The largest absolute Gasteiger partial charge is 0.497 e. The van der Waals surface area contributed by atoms with E-state index in [1.165, 1.54) is 5.56 Å². The zero-order valence-corrected chi connectivity index (χ0v) is 11.6. The van der Waals surface area contributed by atoms with E-state index in [9.17, 15) is 0 Å². The summed E-state index contributed by atoms with van der Waals surface area (Å²) in [7, 11) is 1.67. The third-order valence-corrected chi connectivity index (χ3v) is 3.90. The van der Waals surface area contributed by atoms with E-state index in [-0.39, 0.29) is 0 Å². The van der Waals surface area contributed by atoms with Gasteiger partial charge in [0.2, 0.25) is 0 Å². The number of nitrogens with two attached hydrogens (primary N) is 1. The molecule has 0 unspecified atom stereocenters. The number of nitrogen functional groups attached to an aromatic ring is 1. The minimum Gasteiger partial charge on any atom is -0.497 e. The van der Waals surface area contributed by atoms with Crippen LogP contribution < -0.4 is 10.5 Å². The first-order valence-electron chi connectivity index (χ1n) is 5.50. The topological polar surface area (TPSA) is 35.2 Å². The highest BCUT2D eigenvalue weighted by molar-refractivity contribution is 7.98. The van der Waals surface area contributed by atoms with Gasteiger partial charge in [-0.05, 0) is 35.9 Å². The highest BCUT2D eigenvalue weighted by Crippen LogP contribution is 2.29. The lowest BCUT2D eigenvalue weighted by atomic mass is 10.2. The van der Waals surface area contributed by atoms with Gasteiger partial charge in [0.05, 0.1) is 17.8 Å². The number of hydrogen-bond acceptors (Lipinski definition) is 3. The second-order valence-corrected chi connectivity index (χ2v) is 5.28.